The van der Waals surface area contributed by atoms with E-state index in [4.69, 9.17) is 4.74 Å². The van der Waals surface area contributed by atoms with Gasteiger partial charge in [-0.15, -0.1) is 0 Å². The van der Waals surface area contributed by atoms with Gasteiger partial charge in [0, 0.05) is 32.3 Å². The van der Waals surface area contributed by atoms with Crippen LogP contribution in [-0.4, -0.2) is 54.0 Å². The summed E-state index contributed by atoms with van der Waals surface area (Å²) in [5.74, 6) is -0.102. The van der Waals surface area contributed by atoms with Crippen molar-refractivity contribution in [3.63, 3.8) is 0 Å². The first kappa shape index (κ1) is 21.2. The van der Waals surface area contributed by atoms with Gasteiger partial charge in [-0.2, -0.15) is 0 Å². The monoisotopic (exact) mass is 432 g/mol. The van der Waals surface area contributed by atoms with Gasteiger partial charge in [0.1, 0.15) is 0 Å². The van der Waals surface area contributed by atoms with E-state index in [1.807, 2.05) is 34.1 Å². The minimum absolute atomic E-state index is 0.0487. The van der Waals surface area contributed by atoms with E-state index in [2.05, 4.69) is 24.3 Å². The zero-order valence-electron chi connectivity index (χ0n) is 18.9. The van der Waals surface area contributed by atoms with Crippen molar-refractivity contribution in [1.82, 2.24) is 9.80 Å². The molecule has 2 aromatic carbocycles. The largest absolute Gasteiger partial charge is 0.383 e. The molecule has 32 heavy (non-hydrogen) atoms. The Morgan fingerprint density at radius 1 is 1.03 bits per heavy atom. The first-order valence-electron chi connectivity index (χ1n) is 11.9. The number of methoxy groups -OCH3 is 1. The normalized spacial score (nSPS) is 21.9. The van der Waals surface area contributed by atoms with Crippen molar-refractivity contribution in [2.24, 2.45) is 0 Å². The maximum absolute atomic E-state index is 14.3. The van der Waals surface area contributed by atoms with Crippen LogP contribution in [0.4, 0.5) is 0 Å². The first-order chi connectivity index (χ1) is 15.7. The molecule has 168 valence electrons. The summed E-state index contributed by atoms with van der Waals surface area (Å²) in [6.45, 7) is 2.39. The maximum atomic E-state index is 14.3. The third kappa shape index (κ3) is 3.43. The molecule has 0 bridgehead atoms. The number of fused-ring (bicyclic) bond motifs is 2. The van der Waals surface area contributed by atoms with E-state index in [1.54, 1.807) is 7.11 Å². The molecular weight excluding hydrogens is 400 g/mol. The van der Waals surface area contributed by atoms with Gasteiger partial charge in [-0.25, -0.2) is 0 Å². The van der Waals surface area contributed by atoms with Crippen LogP contribution in [0.15, 0.2) is 48.5 Å². The molecule has 0 radical (unpaired) electrons. The highest BCUT2D eigenvalue weighted by molar-refractivity contribution is 6.02. The number of carbonyl (C=O) groups excluding carboxylic acids is 2. The molecule has 1 spiro atoms. The van der Waals surface area contributed by atoms with Gasteiger partial charge in [0.05, 0.1) is 18.1 Å². The Morgan fingerprint density at radius 2 is 1.75 bits per heavy atom. The van der Waals surface area contributed by atoms with Crippen LogP contribution in [0.1, 0.15) is 65.1 Å². The van der Waals surface area contributed by atoms with Crippen molar-refractivity contribution in [3.05, 3.63) is 70.8 Å². The second kappa shape index (κ2) is 8.70. The number of benzene rings is 2. The van der Waals surface area contributed by atoms with Gasteiger partial charge < -0.3 is 14.5 Å². The van der Waals surface area contributed by atoms with Crippen LogP contribution in [0.2, 0.25) is 0 Å². The van der Waals surface area contributed by atoms with Crippen LogP contribution < -0.4 is 0 Å². The zero-order chi connectivity index (χ0) is 22.1. The molecule has 1 atom stereocenters. The Hall–Kier alpha value is -2.66. The van der Waals surface area contributed by atoms with Crippen molar-refractivity contribution >= 4 is 11.8 Å². The smallest absolute Gasteiger partial charge is 0.254 e. The van der Waals surface area contributed by atoms with Crippen molar-refractivity contribution in [3.8, 4) is 0 Å². The molecule has 5 heteroatoms. The predicted octanol–water partition coefficient (Wildman–Crippen LogP) is 4.16. The van der Waals surface area contributed by atoms with Crippen molar-refractivity contribution in [2.75, 3.05) is 26.8 Å². The SMILES string of the molecule is COCCN1C(=O)c2ccccc2C(C(=O)N2CCc3ccccc3C2)C12CCCCC2. The molecule has 2 aliphatic heterocycles. The van der Waals surface area contributed by atoms with Crippen LogP contribution in [0.25, 0.3) is 0 Å². The van der Waals surface area contributed by atoms with E-state index >= 15 is 0 Å². The van der Waals surface area contributed by atoms with Crippen LogP contribution >= 0.6 is 0 Å². The van der Waals surface area contributed by atoms with Gasteiger partial charge in [-0.1, -0.05) is 61.7 Å². The number of ether oxygens (including phenoxy) is 1. The first-order valence-corrected chi connectivity index (χ1v) is 11.9. The molecule has 0 N–H and O–H groups in total. The molecule has 5 rings (SSSR count). The Morgan fingerprint density at radius 3 is 2.53 bits per heavy atom. The zero-order valence-corrected chi connectivity index (χ0v) is 18.9. The second-order valence-corrected chi connectivity index (χ2v) is 9.41. The number of carbonyl (C=O) groups is 2. The summed E-state index contributed by atoms with van der Waals surface area (Å²) >= 11 is 0. The van der Waals surface area contributed by atoms with Gasteiger partial charge >= 0.3 is 0 Å². The summed E-state index contributed by atoms with van der Waals surface area (Å²) in [5, 5.41) is 0. The molecule has 2 aromatic rings. The molecule has 1 unspecified atom stereocenters. The third-order valence-corrected chi connectivity index (χ3v) is 7.75. The van der Waals surface area contributed by atoms with Crippen molar-refractivity contribution in [2.45, 2.75) is 56.5 Å². The molecule has 0 aromatic heterocycles. The van der Waals surface area contributed by atoms with Crippen LogP contribution in [0.5, 0.6) is 0 Å². The van der Waals surface area contributed by atoms with Crippen molar-refractivity contribution in [1.29, 1.82) is 0 Å². The Kier molecular flexibility index (Phi) is 5.76. The van der Waals surface area contributed by atoms with Gasteiger partial charge in [0.15, 0.2) is 0 Å². The van der Waals surface area contributed by atoms with Gasteiger partial charge in [-0.05, 0) is 42.0 Å². The molecule has 1 saturated carbocycles. The van der Waals surface area contributed by atoms with Crippen LogP contribution in [0.3, 0.4) is 0 Å². The number of hydrogen-bond donors (Lipinski definition) is 0. The third-order valence-electron chi connectivity index (χ3n) is 7.75. The Bertz CT molecular complexity index is 1010. The lowest BCUT2D eigenvalue weighted by Crippen LogP contribution is -2.63. The second-order valence-electron chi connectivity index (χ2n) is 9.41. The highest BCUT2D eigenvalue weighted by Crippen LogP contribution is 2.50. The average Bonchev–Trinajstić information content (AvgIpc) is 2.84. The van der Waals surface area contributed by atoms with Gasteiger partial charge in [0.2, 0.25) is 5.91 Å². The fraction of sp³-hybridized carbons (Fsp3) is 0.481. The van der Waals surface area contributed by atoms with E-state index in [-0.39, 0.29) is 17.7 Å². The molecule has 3 aliphatic rings. The summed E-state index contributed by atoms with van der Waals surface area (Å²) in [6.07, 6.45) is 5.88. The van der Waals surface area contributed by atoms with Crippen molar-refractivity contribution < 1.29 is 14.3 Å². The minimum atomic E-state index is -0.462. The summed E-state index contributed by atoms with van der Waals surface area (Å²) in [4.78, 5) is 32.0. The van der Waals surface area contributed by atoms with E-state index in [1.165, 1.54) is 11.1 Å². The summed E-state index contributed by atoms with van der Waals surface area (Å²) in [6, 6.07) is 16.2. The summed E-state index contributed by atoms with van der Waals surface area (Å²) < 4.78 is 5.38. The van der Waals surface area contributed by atoms with Gasteiger partial charge in [-0.3, -0.25) is 9.59 Å². The number of amides is 2. The van der Waals surface area contributed by atoms with Gasteiger partial charge in [0.25, 0.3) is 5.91 Å². The Labute approximate surface area is 190 Å². The maximum Gasteiger partial charge on any atom is 0.254 e. The predicted molar refractivity (Wildman–Crippen MR) is 123 cm³/mol. The molecular formula is C27H32N2O3. The number of rotatable bonds is 4. The van der Waals surface area contributed by atoms with E-state index < -0.39 is 5.54 Å². The fourth-order valence-corrected chi connectivity index (χ4v) is 6.20. The molecule has 0 saturated heterocycles. The molecule has 1 fully saturated rings. The summed E-state index contributed by atoms with van der Waals surface area (Å²) in [7, 11) is 1.67. The topological polar surface area (TPSA) is 49.9 Å². The minimum Gasteiger partial charge on any atom is -0.383 e. The lowest BCUT2D eigenvalue weighted by Gasteiger charge is -2.54. The molecule has 2 amide bonds. The average molecular weight is 433 g/mol. The van der Waals surface area contributed by atoms with E-state index in [0.29, 0.717) is 25.3 Å². The molecule has 1 aliphatic carbocycles. The fourth-order valence-electron chi connectivity index (χ4n) is 6.20. The van der Waals surface area contributed by atoms with Crippen LogP contribution in [0, 0.1) is 0 Å². The quantitative estimate of drug-likeness (QED) is 0.729. The highest BCUT2D eigenvalue weighted by Gasteiger charge is 2.55. The number of nitrogens with zero attached hydrogens (tertiary/aromatic N) is 2. The lowest BCUT2D eigenvalue weighted by atomic mass is 9.65. The van der Waals surface area contributed by atoms with E-state index in [0.717, 1.165) is 50.6 Å². The molecule has 5 nitrogen and oxygen atoms in total. The van der Waals surface area contributed by atoms with Crippen LogP contribution in [-0.2, 0) is 22.5 Å². The standard InChI is InChI=1S/C27H32N2O3/c1-32-18-17-29-25(30)23-12-6-5-11-22(23)24(27(29)14-7-2-8-15-27)26(31)28-16-13-20-9-3-4-10-21(20)19-28/h3-6,9-12,24H,2,7-8,13-19H2,1H3. The summed E-state index contributed by atoms with van der Waals surface area (Å²) in [5.41, 5.74) is 3.70. The van der Waals surface area contributed by atoms with E-state index in [9.17, 15) is 9.59 Å². The lowest BCUT2D eigenvalue weighted by molar-refractivity contribution is -0.139. The number of hydrogen-bond acceptors (Lipinski definition) is 3. The highest BCUT2D eigenvalue weighted by atomic mass is 16.5. The molecule has 2 heterocycles. The Balaban J connectivity index is 1.58.